The smallest absolute Gasteiger partial charge is 0.128 e. The summed E-state index contributed by atoms with van der Waals surface area (Å²) in [7, 11) is 0. The zero-order valence-corrected chi connectivity index (χ0v) is 14.3. The molecular formula is C22H26N2. The van der Waals surface area contributed by atoms with Gasteiger partial charge in [-0.05, 0) is 61.1 Å². The Hall–Kier alpha value is -2.09. The molecule has 0 fully saturated rings. The van der Waals surface area contributed by atoms with Crippen molar-refractivity contribution < 1.29 is 0 Å². The minimum atomic E-state index is 0.650. The topological polar surface area (TPSA) is 24.4 Å². The summed E-state index contributed by atoms with van der Waals surface area (Å²) in [5.41, 5.74) is 5.80. The number of rotatable bonds is 4. The first kappa shape index (κ1) is 15.4. The van der Waals surface area contributed by atoms with Crippen molar-refractivity contribution >= 4 is 11.9 Å². The van der Waals surface area contributed by atoms with E-state index in [0.717, 1.165) is 38.2 Å². The Bertz CT molecular complexity index is 721. The van der Waals surface area contributed by atoms with Crippen molar-refractivity contribution in [1.82, 2.24) is 5.32 Å². The first-order valence-corrected chi connectivity index (χ1v) is 9.35. The van der Waals surface area contributed by atoms with Gasteiger partial charge in [0.2, 0.25) is 0 Å². The molecule has 1 N–H and O–H groups in total. The van der Waals surface area contributed by atoms with Crippen LogP contribution in [0.1, 0.15) is 55.6 Å². The van der Waals surface area contributed by atoms with Crippen LogP contribution in [0.5, 0.6) is 0 Å². The van der Waals surface area contributed by atoms with E-state index < -0.39 is 0 Å². The fourth-order valence-corrected chi connectivity index (χ4v) is 4.05. The lowest BCUT2D eigenvalue weighted by atomic mass is 9.82. The average molecular weight is 318 g/mol. The number of allylic oxidation sites excluding steroid dienone is 3. The molecule has 1 aromatic carbocycles. The van der Waals surface area contributed by atoms with Crippen LogP contribution < -0.4 is 5.32 Å². The molecule has 1 unspecified atom stereocenters. The minimum Gasteiger partial charge on any atom is -0.370 e. The van der Waals surface area contributed by atoms with Gasteiger partial charge in [0.15, 0.2) is 0 Å². The predicted octanol–water partition coefficient (Wildman–Crippen LogP) is 5.01. The Morgan fingerprint density at radius 1 is 1.12 bits per heavy atom. The molecule has 1 heterocycles. The van der Waals surface area contributed by atoms with E-state index in [0.29, 0.717) is 5.92 Å². The molecule has 1 atom stereocenters. The van der Waals surface area contributed by atoms with Gasteiger partial charge in [-0.25, -0.2) is 0 Å². The molecule has 4 rings (SSSR count). The number of aliphatic imine (C=N–C) groups is 1. The molecule has 0 aromatic heterocycles. The Balaban J connectivity index is 1.47. The molecule has 0 bridgehead atoms. The zero-order chi connectivity index (χ0) is 16.2. The summed E-state index contributed by atoms with van der Waals surface area (Å²) in [6.45, 7) is 2.03. The Morgan fingerprint density at radius 2 is 2.04 bits per heavy atom. The molecule has 2 aliphatic carbocycles. The third-order valence-electron chi connectivity index (χ3n) is 5.32. The minimum absolute atomic E-state index is 0.650. The van der Waals surface area contributed by atoms with Crippen LogP contribution in [0.2, 0.25) is 0 Å². The second-order valence-electron chi connectivity index (χ2n) is 6.94. The number of fused-ring (bicyclic) bond motifs is 1. The molecule has 0 saturated carbocycles. The van der Waals surface area contributed by atoms with E-state index in [4.69, 9.17) is 4.99 Å². The number of hydrogen-bond donors (Lipinski definition) is 1. The van der Waals surface area contributed by atoms with E-state index in [1.54, 1.807) is 0 Å². The first-order valence-electron chi connectivity index (χ1n) is 9.35. The summed E-state index contributed by atoms with van der Waals surface area (Å²) in [5, 5.41) is 3.50. The van der Waals surface area contributed by atoms with Crippen LogP contribution >= 0.6 is 0 Å². The molecule has 1 aliphatic heterocycles. The fourth-order valence-electron chi connectivity index (χ4n) is 4.05. The summed E-state index contributed by atoms with van der Waals surface area (Å²) in [6, 6.07) is 8.87. The highest BCUT2D eigenvalue weighted by molar-refractivity contribution is 6.02. The average Bonchev–Trinajstić information content (AvgIpc) is 2.67. The van der Waals surface area contributed by atoms with Gasteiger partial charge in [0.1, 0.15) is 5.84 Å². The van der Waals surface area contributed by atoms with E-state index in [1.807, 2.05) is 0 Å². The number of hydrogen-bond acceptors (Lipinski definition) is 2. The second kappa shape index (κ2) is 7.21. The first-order chi connectivity index (χ1) is 11.9. The lowest BCUT2D eigenvalue weighted by molar-refractivity contribution is 0.625. The third-order valence-corrected chi connectivity index (χ3v) is 5.32. The monoisotopic (exact) mass is 318 g/mol. The van der Waals surface area contributed by atoms with E-state index in [2.05, 4.69) is 53.9 Å². The van der Waals surface area contributed by atoms with Crippen LogP contribution in [-0.4, -0.2) is 18.9 Å². The molecular weight excluding hydrogens is 292 g/mol. The molecule has 3 aliphatic rings. The number of benzene rings is 1. The van der Waals surface area contributed by atoms with Gasteiger partial charge in [-0.15, -0.1) is 0 Å². The molecule has 124 valence electrons. The van der Waals surface area contributed by atoms with Gasteiger partial charge in [0.05, 0.1) is 0 Å². The number of amidine groups is 1. The highest BCUT2D eigenvalue weighted by atomic mass is 15.0. The van der Waals surface area contributed by atoms with Crippen molar-refractivity contribution in [2.24, 2.45) is 4.99 Å². The highest BCUT2D eigenvalue weighted by Crippen LogP contribution is 2.35. The van der Waals surface area contributed by atoms with Crippen molar-refractivity contribution in [2.75, 3.05) is 13.1 Å². The Morgan fingerprint density at radius 3 is 2.96 bits per heavy atom. The van der Waals surface area contributed by atoms with Crippen LogP contribution in [0.3, 0.4) is 0 Å². The van der Waals surface area contributed by atoms with Gasteiger partial charge in [-0.1, -0.05) is 48.6 Å². The predicted molar refractivity (Wildman–Crippen MR) is 102 cm³/mol. The molecule has 0 amide bonds. The highest BCUT2D eigenvalue weighted by Gasteiger charge is 2.20. The molecule has 0 spiro atoms. The van der Waals surface area contributed by atoms with Gasteiger partial charge >= 0.3 is 0 Å². The van der Waals surface area contributed by atoms with Crippen LogP contribution in [0.25, 0.3) is 6.08 Å². The van der Waals surface area contributed by atoms with Crippen molar-refractivity contribution in [3.63, 3.8) is 0 Å². The number of nitrogens with zero attached hydrogens (tertiary/aromatic N) is 1. The SMILES string of the molecule is C1=Cc2ccccc2C(CCC2=CCCC=C2C2=NCCCN2)C1. The second-order valence-corrected chi connectivity index (χ2v) is 6.94. The Labute approximate surface area is 145 Å². The summed E-state index contributed by atoms with van der Waals surface area (Å²) in [5.74, 6) is 1.78. The van der Waals surface area contributed by atoms with E-state index >= 15 is 0 Å². The lowest BCUT2D eigenvalue weighted by Crippen LogP contribution is -2.32. The standard InChI is InChI=1S/C22H26N2/c1-3-11-20-17(7-1)9-5-10-18(20)13-14-19-8-2-4-12-21(19)22-23-15-6-16-24-22/h1,3,5,7-9,11-12,18H,2,4,6,10,13-16H2,(H,23,24). The summed E-state index contributed by atoms with van der Waals surface area (Å²) in [4.78, 5) is 4.72. The van der Waals surface area contributed by atoms with Crippen LogP contribution in [0, 0.1) is 0 Å². The third kappa shape index (κ3) is 3.24. The van der Waals surface area contributed by atoms with E-state index in [9.17, 15) is 0 Å². The fraction of sp³-hybridized carbons (Fsp3) is 0.409. The van der Waals surface area contributed by atoms with Crippen molar-refractivity contribution in [3.05, 3.63) is 64.8 Å². The van der Waals surface area contributed by atoms with E-state index in [1.165, 1.54) is 41.5 Å². The molecule has 0 saturated heterocycles. The lowest BCUT2D eigenvalue weighted by Gasteiger charge is -2.25. The van der Waals surface area contributed by atoms with E-state index in [-0.39, 0.29) is 0 Å². The summed E-state index contributed by atoms with van der Waals surface area (Å²) < 4.78 is 0. The normalized spacial score (nSPS) is 22.8. The summed E-state index contributed by atoms with van der Waals surface area (Å²) in [6.07, 6.45) is 16.5. The zero-order valence-electron chi connectivity index (χ0n) is 14.3. The number of nitrogens with one attached hydrogen (secondary N) is 1. The van der Waals surface area contributed by atoms with Gasteiger partial charge < -0.3 is 5.32 Å². The Kier molecular flexibility index (Phi) is 4.64. The van der Waals surface area contributed by atoms with Crippen molar-refractivity contribution in [2.45, 2.75) is 44.4 Å². The maximum atomic E-state index is 4.72. The quantitative estimate of drug-likeness (QED) is 0.829. The maximum absolute atomic E-state index is 4.72. The molecule has 1 aromatic rings. The van der Waals surface area contributed by atoms with Crippen molar-refractivity contribution in [1.29, 1.82) is 0 Å². The van der Waals surface area contributed by atoms with Gasteiger partial charge in [0, 0.05) is 18.7 Å². The van der Waals surface area contributed by atoms with Crippen molar-refractivity contribution in [3.8, 4) is 0 Å². The van der Waals surface area contributed by atoms with Crippen LogP contribution in [-0.2, 0) is 0 Å². The molecule has 2 heteroatoms. The molecule has 0 radical (unpaired) electrons. The largest absolute Gasteiger partial charge is 0.370 e. The van der Waals surface area contributed by atoms with Gasteiger partial charge in [-0.3, -0.25) is 4.99 Å². The molecule has 24 heavy (non-hydrogen) atoms. The van der Waals surface area contributed by atoms with Gasteiger partial charge in [0.25, 0.3) is 0 Å². The molecule has 2 nitrogen and oxygen atoms in total. The summed E-state index contributed by atoms with van der Waals surface area (Å²) >= 11 is 0. The van der Waals surface area contributed by atoms with Crippen LogP contribution in [0.4, 0.5) is 0 Å². The maximum Gasteiger partial charge on any atom is 0.128 e. The van der Waals surface area contributed by atoms with Crippen LogP contribution in [0.15, 0.2) is 58.6 Å². The van der Waals surface area contributed by atoms with Gasteiger partial charge in [-0.2, -0.15) is 0 Å².